The van der Waals surface area contributed by atoms with Crippen molar-refractivity contribution in [1.29, 1.82) is 0 Å². The van der Waals surface area contributed by atoms with Crippen molar-refractivity contribution in [2.45, 2.75) is 19.8 Å². The molecular weight excluding hydrogens is 228 g/mol. The predicted molar refractivity (Wildman–Crippen MR) is 70.2 cm³/mol. The van der Waals surface area contributed by atoms with Crippen LogP contribution in [0.3, 0.4) is 0 Å². The van der Waals surface area contributed by atoms with E-state index in [1.165, 1.54) is 24.3 Å². The summed E-state index contributed by atoms with van der Waals surface area (Å²) in [4.78, 5) is 10.7. The van der Waals surface area contributed by atoms with Crippen molar-refractivity contribution in [3.8, 4) is 5.75 Å². The third-order valence-electron chi connectivity index (χ3n) is 2.88. The highest BCUT2D eigenvalue weighted by Gasteiger charge is 2.11. The molecule has 0 amide bonds. The molecule has 0 atom stereocenters. The summed E-state index contributed by atoms with van der Waals surface area (Å²) in [6.07, 6.45) is 7.41. The highest BCUT2D eigenvalue weighted by Crippen LogP contribution is 2.30. The number of carbonyl (C=O) groups is 1. The molecule has 18 heavy (non-hydrogen) atoms. The minimum absolute atomic E-state index is 0.308. The summed E-state index contributed by atoms with van der Waals surface area (Å²) in [5.74, 6) is 0.566. The van der Waals surface area contributed by atoms with Gasteiger partial charge in [-0.25, -0.2) is 0 Å². The number of allylic oxidation sites excluding steroid dienone is 3. The van der Waals surface area contributed by atoms with Crippen LogP contribution in [0.25, 0.3) is 5.57 Å². The Morgan fingerprint density at radius 3 is 2.94 bits per heavy atom. The first kappa shape index (κ1) is 12.4. The van der Waals surface area contributed by atoms with Crippen LogP contribution >= 0.6 is 0 Å². The number of carbonyl (C=O) groups excluding carboxylic acids is 1. The summed E-state index contributed by atoms with van der Waals surface area (Å²) in [5, 5.41) is 0. The van der Waals surface area contributed by atoms with Gasteiger partial charge in [-0.05, 0) is 47.8 Å². The lowest BCUT2D eigenvalue weighted by atomic mass is 9.90. The van der Waals surface area contributed by atoms with Gasteiger partial charge >= 0.3 is 5.97 Å². The van der Waals surface area contributed by atoms with Crippen molar-refractivity contribution in [3.05, 3.63) is 47.7 Å². The van der Waals surface area contributed by atoms with E-state index in [2.05, 4.69) is 12.1 Å². The van der Waals surface area contributed by atoms with Gasteiger partial charge in [-0.1, -0.05) is 12.1 Å². The van der Waals surface area contributed by atoms with E-state index in [9.17, 15) is 4.79 Å². The van der Waals surface area contributed by atoms with Crippen LogP contribution in [0.1, 0.15) is 24.5 Å². The highest BCUT2D eigenvalue weighted by atomic mass is 16.5. The van der Waals surface area contributed by atoms with E-state index in [1.807, 2.05) is 18.2 Å². The van der Waals surface area contributed by atoms with Crippen LogP contribution in [-0.4, -0.2) is 13.1 Å². The molecule has 0 N–H and O–H groups in total. The smallest absolute Gasteiger partial charge is 0.307 e. The molecule has 1 aromatic rings. The lowest BCUT2D eigenvalue weighted by Gasteiger charge is -2.16. The summed E-state index contributed by atoms with van der Waals surface area (Å²) in [6, 6.07) is 6.04. The summed E-state index contributed by atoms with van der Waals surface area (Å²) >= 11 is 0. The Morgan fingerprint density at radius 2 is 2.22 bits per heavy atom. The molecular formula is C15H16O3. The standard InChI is InChI=1S/C15H16O3/c1-11(16)18-9-8-12-4-3-5-13-10-14(17-2)6-7-15(12)13/h4,6-10H,3,5H2,1-2H3. The van der Waals surface area contributed by atoms with Gasteiger partial charge in [0.05, 0.1) is 13.4 Å². The molecule has 0 unspecified atom stereocenters. The first-order chi connectivity index (χ1) is 8.70. The second-order valence-electron chi connectivity index (χ2n) is 4.13. The van der Waals surface area contributed by atoms with Gasteiger partial charge in [0, 0.05) is 6.92 Å². The van der Waals surface area contributed by atoms with Crippen LogP contribution in [-0.2, 0) is 16.0 Å². The number of rotatable bonds is 3. The molecule has 0 radical (unpaired) electrons. The normalized spacial score (nSPS) is 14.0. The summed E-state index contributed by atoms with van der Waals surface area (Å²) in [5.41, 5.74) is 3.52. The third kappa shape index (κ3) is 2.80. The average molecular weight is 244 g/mol. The number of hydrogen-bond donors (Lipinski definition) is 0. The quantitative estimate of drug-likeness (QED) is 0.605. The molecule has 1 aliphatic carbocycles. The van der Waals surface area contributed by atoms with Crippen LogP contribution in [0, 0.1) is 0 Å². The number of ether oxygens (including phenoxy) is 2. The number of aryl methyl sites for hydroxylation is 1. The van der Waals surface area contributed by atoms with E-state index in [4.69, 9.17) is 9.47 Å². The Kier molecular flexibility index (Phi) is 3.82. The van der Waals surface area contributed by atoms with Gasteiger partial charge in [0.25, 0.3) is 0 Å². The van der Waals surface area contributed by atoms with Crippen LogP contribution in [0.5, 0.6) is 5.75 Å². The summed E-state index contributed by atoms with van der Waals surface area (Å²) in [7, 11) is 1.67. The van der Waals surface area contributed by atoms with E-state index in [1.54, 1.807) is 7.11 Å². The fraction of sp³-hybridized carbons (Fsp3) is 0.267. The zero-order valence-corrected chi connectivity index (χ0v) is 10.6. The van der Waals surface area contributed by atoms with E-state index < -0.39 is 0 Å². The Balaban J connectivity index is 2.23. The lowest BCUT2D eigenvalue weighted by Crippen LogP contribution is -1.99. The zero-order valence-electron chi connectivity index (χ0n) is 10.6. The van der Waals surface area contributed by atoms with Crippen molar-refractivity contribution in [2.24, 2.45) is 0 Å². The molecule has 0 aromatic heterocycles. The van der Waals surface area contributed by atoms with Crippen molar-refractivity contribution in [3.63, 3.8) is 0 Å². The second-order valence-corrected chi connectivity index (χ2v) is 4.13. The molecule has 0 saturated heterocycles. The zero-order chi connectivity index (χ0) is 13.0. The Morgan fingerprint density at radius 1 is 1.39 bits per heavy atom. The van der Waals surface area contributed by atoms with Crippen LogP contribution in [0.4, 0.5) is 0 Å². The molecule has 1 aromatic carbocycles. The van der Waals surface area contributed by atoms with Gasteiger partial charge in [-0.3, -0.25) is 4.79 Å². The molecule has 94 valence electrons. The minimum atomic E-state index is -0.308. The van der Waals surface area contributed by atoms with E-state index in [-0.39, 0.29) is 5.97 Å². The van der Waals surface area contributed by atoms with Crippen LogP contribution in [0.15, 0.2) is 36.6 Å². The summed E-state index contributed by atoms with van der Waals surface area (Å²) < 4.78 is 10.0. The maximum atomic E-state index is 10.7. The number of methoxy groups -OCH3 is 1. The van der Waals surface area contributed by atoms with Crippen molar-refractivity contribution < 1.29 is 14.3 Å². The maximum Gasteiger partial charge on any atom is 0.307 e. The molecule has 1 aliphatic rings. The monoisotopic (exact) mass is 244 g/mol. The van der Waals surface area contributed by atoms with Crippen LogP contribution < -0.4 is 4.74 Å². The maximum absolute atomic E-state index is 10.7. The molecule has 0 aliphatic heterocycles. The summed E-state index contributed by atoms with van der Waals surface area (Å²) in [6.45, 7) is 1.39. The van der Waals surface area contributed by atoms with Gasteiger partial charge in [0.15, 0.2) is 0 Å². The number of esters is 1. The predicted octanol–water partition coefficient (Wildman–Crippen LogP) is 3.10. The third-order valence-corrected chi connectivity index (χ3v) is 2.88. The van der Waals surface area contributed by atoms with Gasteiger partial charge < -0.3 is 9.47 Å². The van der Waals surface area contributed by atoms with Gasteiger partial charge in [-0.15, -0.1) is 0 Å². The molecule has 0 bridgehead atoms. The van der Waals surface area contributed by atoms with Gasteiger partial charge in [-0.2, -0.15) is 0 Å². The second kappa shape index (κ2) is 5.54. The first-order valence-electron chi connectivity index (χ1n) is 5.92. The fourth-order valence-electron chi connectivity index (χ4n) is 2.04. The molecule has 2 rings (SSSR count). The van der Waals surface area contributed by atoms with Crippen molar-refractivity contribution in [1.82, 2.24) is 0 Å². The van der Waals surface area contributed by atoms with E-state index >= 15 is 0 Å². The Labute approximate surface area is 107 Å². The largest absolute Gasteiger partial charge is 0.497 e. The fourth-order valence-corrected chi connectivity index (χ4v) is 2.04. The number of benzene rings is 1. The van der Waals surface area contributed by atoms with Gasteiger partial charge in [0.1, 0.15) is 5.75 Å². The molecule has 3 heteroatoms. The van der Waals surface area contributed by atoms with Crippen molar-refractivity contribution in [2.75, 3.05) is 7.11 Å². The molecule has 3 nitrogen and oxygen atoms in total. The highest BCUT2D eigenvalue weighted by molar-refractivity contribution is 5.78. The topological polar surface area (TPSA) is 35.5 Å². The minimum Gasteiger partial charge on any atom is -0.497 e. The molecule has 0 heterocycles. The molecule has 0 spiro atoms. The number of fused-ring (bicyclic) bond motifs is 1. The van der Waals surface area contributed by atoms with E-state index in [0.29, 0.717) is 0 Å². The van der Waals surface area contributed by atoms with E-state index in [0.717, 1.165) is 24.2 Å². The first-order valence-corrected chi connectivity index (χ1v) is 5.92. The molecule has 0 saturated carbocycles. The SMILES string of the molecule is COc1ccc2c(c1)CCC=C2C=COC(C)=O. The van der Waals surface area contributed by atoms with Crippen molar-refractivity contribution >= 4 is 11.5 Å². The Hall–Kier alpha value is -2.03. The number of hydrogen-bond acceptors (Lipinski definition) is 3. The average Bonchev–Trinajstić information content (AvgIpc) is 2.38. The lowest BCUT2D eigenvalue weighted by molar-refractivity contribution is -0.135. The Bertz CT molecular complexity index is 512. The van der Waals surface area contributed by atoms with Crippen LogP contribution in [0.2, 0.25) is 0 Å². The van der Waals surface area contributed by atoms with Gasteiger partial charge in [0.2, 0.25) is 0 Å². The molecule has 0 fully saturated rings.